The van der Waals surface area contributed by atoms with Crippen molar-refractivity contribution in [3.63, 3.8) is 0 Å². The summed E-state index contributed by atoms with van der Waals surface area (Å²) >= 11 is 0. The predicted molar refractivity (Wildman–Crippen MR) is 94.1 cm³/mol. The van der Waals surface area contributed by atoms with Gasteiger partial charge in [0.05, 0.1) is 0 Å². The van der Waals surface area contributed by atoms with E-state index in [1.165, 1.54) is 0 Å². The highest BCUT2D eigenvalue weighted by Crippen LogP contribution is 2.24. The molecule has 0 spiro atoms. The van der Waals surface area contributed by atoms with Gasteiger partial charge in [-0.2, -0.15) is 0 Å². The molecule has 2 heterocycles. The summed E-state index contributed by atoms with van der Waals surface area (Å²) in [5, 5.41) is 0. The Kier molecular flexibility index (Phi) is 4.06. The van der Waals surface area contributed by atoms with Gasteiger partial charge in [0.15, 0.2) is 11.6 Å². The van der Waals surface area contributed by atoms with E-state index in [0.29, 0.717) is 22.7 Å². The zero-order chi connectivity index (χ0) is 17.1. The summed E-state index contributed by atoms with van der Waals surface area (Å²) in [7, 11) is 0. The van der Waals surface area contributed by atoms with E-state index in [4.69, 9.17) is 4.84 Å². The van der Waals surface area contributed by atoms with Gasteiger partial charge >= 0.3 is 0 Å². The minimum atomic E-state index is -0.513. The molecule has 0 amide bonds. The molecule has 0 aliphatic carbocycles. The van der Waals surface area contributed by atoms with Gasteiger partial charge in [-0.05, 0) is 18.2 Å². The largest absolute Gasteiger partial charge is 0.289 e. The lowest BCUT2D eigenvalue weighted by molar-refractivity contribution is 0.0376. The van der Waals surface area contributed by atoms with E-state index in [1.807, 2.05) is 54.6 Å². The average Bonchev–Trinajstić information content (AvgIpc) is 3.19. The SMILES string of the molecule is O=C(c1ccccc1)c1cccc(C2N=C(c3ccccn3)NO2)c1. The van der Waals surface area contributed by atoms with Crippen LogP contribution in [0.5, 0.6) is 0 Å². The van der Waals surface area contributed by atoms with Crippen molar-refractivity contribution < 1.29 is 9.63 Å². The Labute approximate surface area is 145 Å². The first-order valence-electron chi connectivity index (χ1n) is 7.92. The van der Waals surface area contributed by atoms with Gasteiger partial charge in [-0.1, -0.05) is 54.6 Å². The van der Waals surface area contributed by atoms with Crippen molar-refractivity contribution in [2.24, 2.45) is 4.99 Å². The number of carbonyl (C=O) groups excluding carboxylic acids is 1. The molecule has 1 unspecified atom stereocenters. The highest BCUT2D eigenvalue weighted by atomic mass is 16.7. The highest BCUT2D eigenvalue weighted by molar-refractivity contribution is 6.09. The number of hydrogen-bond acceptors (Lipinski definition) is 5. The molecule has 0 fully saturated rings. The fraction of sp³-hybridized carbons (Fsp3) is 0.0500. The molecular weight excluding hydrogens is 314 g/mol. The van der Waals surface area contributed by atoms with E-state index in [2.05, 4.69) is 15.5 Å². The molecule has 0 bridgehead atoms. The van der Waals surface area contributed by atoms with Gasteiger partial charge in [0, 0.05) is 22.9 Å². The molecular formula is C20H15N3O2. The Morgan fingerprint density at radius 1 is 0.920 bits per heavy atom. The van der Waals surface area contributed by atoms with Gasteiger partial charge < -0.3 is 0 Å². The third-order valence-corrected chi connectivity index (χ3v) is 3.89. The minimum Gasteiger partial charge on any atom is -0.289 e. The maximum atomic E-state index is 12.6. The van der Waals surface area contributed by atoms with Crippen LogP contribution in [0.1, 0.15) is 33.4 Å². The predicted octanol–water partition coefficient (Wildman–Crippen LogP) is 3.29. The van der Waals surface area contributed by atoms with Crippen LogP contribution in [0.15, 0.2) is 84.0 Å². The first-order chi connectivity index (χ1) is 12.3. The molecule has 5 heteroatoms. The summed E-state index contributed by atoms with van der Waals surface area (Å²) in [6, 6.07) is 22.1. The zero-order valence-electron chi connectivity index (χ0n) is 13.3. The number of benzene rings is 2. The van der Waals surface area contributed by atoms with Crippen LogP contribution in [0.3, 0.4) is 0 Å². The molecule has 0 saturated heterocycles. The smallest absolute Gasteiger partial charge is 0.202 e. The van der Waals surface area contributed by atoms with Crippen LogP contribution in [-0.4, -0.2) is 16.6 Å². The zero-order valence-corrected chi connectivity index (χ0v) is 13.3. The Morgan fingerprint density at radius 2 is 1.72 bits per heavy atom. The topological polar surface area (TPSA) is 63.6 Å². The second kappa shape index (κ2) is 6.67. The standard InChI is InChI=1S/C20H15N3O2/c24-18(14-7-2-1-3-8-14)15-9-6-10-16(13-15)20-22-19(23-25-20)17-11-4-5-12-21-17/h1-13,20H,(H,22,23). The fourth-order valence-electron chi connectivity index (χ4n) is 2.64. The van der Waals surface area contributed by atoms with Crippen LogP contribution in [0.25, 0.3) is 0 Å². The van der Waals surface area contributed by atoms with Crippen LogP contribution in [0.2, 0.25) is 0 Å². The Morgan fingerprint density at radius 3 is 2.52 bits per heavy atom. The lowest BCUT2D eigenvalue weighted by atomic mass is 10.0. The van der Waals surface area contributed by atoms with E-state index < -0.39 is 6.23 Å². The number of aliphatic imine (C=N–C) groups is 1. The first kappa shape index (κ1) is 15.2. The van der Waals surface area contributed by atoms with Crippen LogP contribution in [0, 0.1) is 0 Å². The van der Waals surface area contributed by atoms with Crippen molar-refractivity contribution in [3.05, 3.63) is 101 Å². The molecule has 0 radical (unpaired) electrons. The average molecular weight is 329 g/mol. The van der Waals surface area contributed by atoms with Gasteiger partial charge in [0.2, 0.25) is 6.23 Å². The Bertz CT molecular complexity index is 924. The van der Waals surface area contributed by atoms with Crippen molar-refractivity contribution in [3.8, 4) is 0 Å². The molecule has 1 N–H and O–H groups in total. The van der Waals surface area contributed by atoms with Crippen molar-refractivity contribution in [1.29, 1.82) is 0 Å². The lowest BCUT2D eigenvalue weighted by Gasteiger charge is -2.08. The monoisotopic (exact) mass is 329 g/mol. The van der Waals surface area contributed by atoms with E-state index in [9.17, 15) is 4.79 Å². The van der Waals surface area contributed by atoms with Crippen molar-refractivity contribution in [1.82, 2.24) is 10.5 Å². The molecule has 0 saturated carbocycles. The number of nitrogens with zero attached hydrogens (tertiary/aromatic N) is 2. The normalized spacial score (nSPS) is 16.2. The third kappa shape index (κ3) is 3.18. The molecule has 5 nitrogen and oxygen atoms in total. The number of nitrogens with one attached hydrogen (secondary N) is 1. The summed E-state index contributed by atoms with van der Waals surface area (Å²) in [6.07, 6.45) is 1.19. The van der Waals surface area contributed by atoms with Crippen molar-refractivity contribution in [2.75, 3.05) is 0 Å². The minimum absolute atomic E-state index is 0.0256. The van der Waals surface area contributed by atoms with Gasteiger partial charge in [-0.15, -0.1) is 0 Å². The Hall–Kier alpha value is -3.31. The first-order valence-corrected chi connectivity index (χ1v) is 7.92. The van der Waals surface area contributed by atoms with E-state index in [-0.39, 0.29) is 5.78 Å². The van der Waals surface area contributed by atoms with Crippen LogP contribution < -0.4 is 5.48 Å². The Balaban J connectivity index is 1.60. The summed E-state index contributed by atoms with van der Waals surface area (Å²) in [5.41, 5.74) is 5.58. The molecule has 4 rings (SSSR count). The maximum Gasteiger partial charge on any atom is 0.202 e. The molecule has 1 aliphatic rings. The lowest BCUT2D eigenvalue weighted by Crippen LogP contribution is -2.19. The number of rotatable bonds is 4. The van der Waals surface area contributed by atoms with Gasteiger partial charge in [-0.25, -0.2) is 15.3 Å². The van der Waals surface area contributed by atoms with Gasteiger partial charge in [-0.3, -0.25) is 9.78 Å². The number of hydroxylamine groups is 1. The van der Waals surface area contributed by atoms with Crippen LogP contribution in [-0.2, 0) is 4.84 Å². The highest BCUT2D eigenvalue weighted by Gasteiger charge is 2.22. The van der Waals surface area contributed by atoms with E-state index >= 15 is 0 Å². The molecule has 25 heavy (non-hydrogen) atoms. The second-order valence-electron chi connectivity index (χ2n) is 5.59. The number of pyridine rings is 1. The number of hydrogen-bond donors (Lipinski definition) is 1. The van der Waals surface area contributed by atoms with Crippen LogP contribution >= 0.6 is 0 Å². The summed E-state index contributed by atoms with van der Waals surface area (Å²) in [5.74, 6) is 0.549. The maximum absolute atomic E-state index is 12.6. The summed E-state index contributed by atoms with van der Waals surface area (Å²) in [4.78, 5) is 26.9. The van der Waals surface area contributed by atoms with Gasteiger partial charge in [0.1, 0.15) is 5.69 Å². The van der Waals surface area contributed by atoms with E-state index in [1.54, 1.807) is 24.4 Å². The van der Waals surface area contributed by atoms with E-state index in [0.717, 1.165) is 5.56 Å². The molecule has 1 atom stereocenters. The van der Waals surface area contributed by atoms with Crippen molar-refractivity contribution >= 4 is 11.6 Å². The molecule has 3 aromatic rings. The number of carbonyl (C=O) groups is 1. The van der Waals surface area contributed by atoms with Gasteiger partial charge in [0.25, 0.3) is 0 Å². The second-order valence-corrected chi connectivity index (χ2v) is 5.59. The number of amidine groups is 1. The number of aromatic nitrogens is 1. The summed E-state index contributed by atoms with van der Waals surface area (Å²) < 4.78 is 0. The molecule has 122 valence electrons. The fourth-order valence-corrected chi connectivity index (χ4v) is 2.64. The van der Waals surface area contributed by atoms with Crippen molar-refractivity contribution in [2.45, 2.75) is 6.23 Å². The molecule has 1 aromatic heterocycles. The summed E-state index contributed by atoms with van der Waals surface area (Å²) in [6.45, 7) is 0. The quantitative estimate of drug-likeness (QED) is 0.746. The molecule has 1 aliphatic heterocycles. The van der Waals surface area contributed by atoms with Crippen LogP contribution in [0.4, 0.5) is 0 Å². The molecule has 2 aromatic carbocycles. The third-order valence-electron chi connectivity index (χ3n) is 3.89. The number of ketones is 1.